The third-order valence-corrected chi connectivity index (χ3v) is 5.45. The van der Waals surface area contributed by atoms with Gasteiger partial charge in [0.25, 0.3) is 11.6 Å². The average molecular weight is 388 g/mol. The Morgan fingerprint density at radius 3 is 2.77 bits per heavy atom. The fourth-order valence-electron chi connectivity index (χ4n) is 2.59. The average Bonchev–Trinajstić information content (AvgIpc) is 3.19. The van der Waals surface area contributed by atoms with Crippen LogP contribution in [0.2, 0.25) is 0 Å². The van der Waals surface area contributed by atoms with E-state index in [1.54, 1.807) is 41.3 Å². The zero-order valence-electron chi connectivity index (χ0n) is 14.2. The number of carbonyl (C=O) groups is 1. The predicted molar refractivity (Wildman–Crippen MR) is 106 cm³/mol. The maximum Gasteiger partial charge on any atom is 0.280 e. The first-order valence-corrected chi connectivity index (χ1v) is 9.25. The number of amides is 1. The molecule has 26 heavy (non-hydrogen) atoms. The normalized spacial score (nSPS) is 17.2. The Hall–Kier alpha value is -2.45. The van der Waals surface area contributed by atoms with Gasteiger partial charge in [-0.25, -0.2) is 0 Å². The molecule has 0 saturated carbocycles. The predicted octanol–water partition coefficient (Wildman–Crippen LogP) is 4.85. The first kappa shape index (κ1) is 18.3. The second kappa shape index (κ2) is 7.43. The Morgan fingerprint density at radius 1 is 1.35 bits per heavy atom. The smallest absolute Gasteiger partial charge is 0.280 e. The number of hydrogen-bond donors (Lipinski definition) is 0. The van der Waals surface area contributed by atoms with Gasteiger partial charge < -0.3 is 4.42 Å². The number of nitro groups is 1. The van der Waals surface area contributed by atoms with E-state index in [1.807, 2.05) is 13.8 Å². The first-order valence-electron chi connectivity index (χ1n) is 8.03. The molecule has 1 amide bonds. The Bertz CT molecular complexity index is 919. The van der Waals surface area contributed by atoms with Crippen molar-refractivity contribution < 1.29 is 14.1 Å². The van der Waals surface area contributed by atoms with E-state index in [2.05, 4.69) is 0 Å². The molecule has 1 fully saturated rings. The summed E-state index contributed by atoms with van der Waals surface area (Å²) in [6.45, 7) is 3.95. The Kier molecular flexibility index (Phi) is 5.24. The molecule has 0 unspecified atom stereocenters. The third-order valence-electron chi connectivity index (χ3n) is 4.12. The van der Waals surface area contributed by atoms with Crippen molar-refractivity contribution in [3.8, 4) is 11.3 Å². The standard InChI is InChI=1S/C18H16N2O4S2/c1-3-11(2)19-17(21)16(26-18(19)25)10-12-8-9-15(24-12)13-6-4-5-7-14(13)20(22)23/h4-11H,3H2,1-2H3/b16-10-/t11-/m0/s1. The second-order valence-electron chi connectivity index (χ2n) is 5.79. The lowest BCUT2D eigenvalue weighted by Gasteiger charge is -2.21. The summed E-state index contributed by atoms with van der Waals surface area (Å²) in [4.78, 5) is 25.4. The lowest BCUT2D eigenvalue weighted by Crippen LogP contribution is -2.36. The van der Waals surface area contributed by atoms with Crippen LogP contribution in [0.25, 0.3) is 17.4 Å². The minimum atomic E-state index is -0.450. The Balaban J connectivity index is 1.90. The number of carbonyl (C=O) groups excluding carboxylic acids is 1. The minimum Gasteiger partial charge on any atom is -0.456 e. The fraction of sp³-hybridized carbons (Fsp3) is 0.222. The lowest BCUT2D eigenvalue weighted by molar-refractivity contribution is -0.384. The molecule has 1 atom stereocenters. The summed E-state index contributed by atoms with van der Waals surface area (Å²) in [5.74, 6) is 0.682. The molecule has 1 aliphatic rings. The summed E-state index contributed by atoms with van der Waals surface area (Å²) >= 11 is 6.54. The summed E-state index contributed by atoms with van der Waals surface area (Å²) in [5, 5.41) is 11.2. The van der Waals surface area contributed by atoms with Crippen LogP contribution < -0.4 is 0 Å². The minimum absolute atomic E-state index is 0.0310. The number of nitrogens with zero attached hydrogens (tertiary/aromatic N) is 2. The van der Waals surface area contributed by atoms with Crippen molar-refractivity contribution in [1.29, 1.82) is 0 Å². The Labute approximate surface area is 160 Å². The van der Waals surface area contributed by atoms with Gasteiger partial charge in [0, 0.05) is 18.2 Å². The molecule has 2 heterocycles. The van der Waals surface area contributed by atoms with Crippen LogP contribution in [0.3, 0.4) is 0 Å². The van der Waals surface area contributed by atoms with Gasteiger partial charge in [0.2, 0.25) is 0 Å². The maximum atomic E-state index is 12.6. The molecule has 1 aromatic heterocycles. The first-order chi connectivity index (χ1) is 12.4. The number of furan rings is 1. The SMILES string of the molecule is CC[C@H](C)N1C(=O)/C(=C/c2ccc(-c3ccccc3[N+](=O)[O-])o2)SC1=S. The van der Waals surface area contributed by atoms with Crippen molar-refractivity contribution in [1.82, 2.24) is 4.90 Å². The van der Waals surface area contributed by atoms with Gasteiger partial charge in [-0.1, -0.05) is 43.0 Å². The van der Waals surface area contributed by atoms with Crippen LogP contribution in [0.15, 0.2) is 45.7 Å². The van der Waals surface area contributed by atoms with Gasteiger partial charge in [0.1, 0.15) is 15.8 Å². The lowest BCUT2D eigenvalue weighted by atomic mass is 10.1. The highest BCUT2D eigenvalue weighted by Crippen LogP contribution is 2.36. The van der Waals surface area contributed by atoms with Crippen molar-refractivity contribution in [3.63, 3.8) is 0 Å². The van der Waals surface area contributed by atoms with Crippen molar-refractivity contribution in [2.24, 2.45) is 0 Å². The van der Waals surface area contributed by atoms with Crippen molar-refractivity contribution in [2.75, 3.05) is 0 Å². The van der Waals surface area contributed by atoms with Crippen molar-refractivity contribution in [3.05, 3.63) is 57.2 Å². The van der Waals surface area contributed by atoms with E-state index in [4.69, 9.17) is 16.6 Å². The number of para-hydroxylation sites is 1. The molecule has 1 aliphatic heterocycles. The van der Waals surface area contributed by atoms with Gasteiger partial charge in [-0.2, -0.15) is 0 Å². The molecular weight excluding hydrogens is 372 g/mol. The number of nitro benzene ring substituents is 1. The summed E-state index contributed by atoms with van der Waals surface area (Å²) in [6.07, 6.45) is 2.43. The third kappa shape index (κ3) is 3.42. The summed E-state index contributed by atoms with van der Waals surface area (Å²) in [5.41, 5.74) is 0.362. The zero-order chi connectivity index (χ0) is 18.8. The fourth-order valence-corrected chi connectivity index (χ4v) is 4.03. The molecule has 134 valence electrons. The molecular formula is C18H16N2O4S2. The number of thiocarbonyl (C=S) groups is 1. The molecule has 0 aliphatic carbocycles. The monoisotopic (exact) mass is 388 g/mol. The molecule has 3 rings (SSSR count). The molecule has 2 aromatic rings. The van der Waals surface area contributed by atoms with Gasteiger partial charge in [0.05, 0.1) is 15.4 Å². The number of hydrogen-bond acceptors (Lipinski definition) is 6. The Morgan fingerprint density at radius 2 is 2.08 bits per heavy atom. The summed E-state index contributed by atoms with van der Waals surface area (Å²) in [7, 11) is 0. The number of thioether (sulfide) groups is 1. The highest BCUT2D eigenvalue weighted by molar-refractivity contribution is 8.26. The summed E-state index contributed by atoms with van der Waals surface area (Å²) in [6, 6.07) is 9.74. The van der Waals surface area contributed by atoms with E-state index >= 15 is 0 Å². The van der Waals surface area contributed by atoms with Gasteiger partial charge >= 0.3 is 0 Å². The van der Waals surface area contributed by atoms with Crippen LogP contribution in [0, 0.1) is 10.1 Å². The van der Waals surface area contributed by atoms with Gasteiger partial charge in [0.15, 0.2) is 0 Å². The maximum absolute atomic E-state index is 12.6. The van der Waals surface area contributed by atoms with Gasteiger partial charge in [-0.05, 0) is 31.5 Å². The number of benzene rings is 1. The second-order valence-corrected chi connectivity index (χ2v) is 7.46. The molecule has 0 radical (unpaired) electrons. The largest absolute Gasteiger partial charge is 0.456 e. The van der Waals surface area contributed by atoms with Crippen LogP contribution in [0.4, 0.5) is 5.69 Å². The highest BCUT2D eigenvalue weighted by Gasteiger charge is 2.34. The quantitative estimate of drug-likeness (QED) is 0.315. The van der Waals surface area contributed by atoms with E-state index in [-0.39, 0.29) is 17.6 Å². The van der Waals surface area contributed by atoms with Crippen LogP contribution in [0.1, 0.15) is 26.0 Å². The molecule has 0 spiro atoms. The van der Waals surface area contributed by atoms with E-state index in [9.17, 15) is 14.9 Å². The van der Waals surface area contributed by atoms with Gasteiger partial charge in [-0.3, -0.25) is 19.8 Å². The van der Waals surface area contributed by atoms with Crippen LogP contribution >= 0.6 is 24.0 Å². The molecule has 1 aromatic carbocycles. The molecule has 0 N–H and O–H groups in total. The van der Waals surface area contributed by atoms with E-state index in [0.29, 0.717) is 26.3 Å². The van der Waals surface area contributed by atoms with Gasteiger partial charge in [-0.15, -0.1) is 0 Å². The molecule has 6 nitrogen and oxygen atoms in total. The van der Waals surface area contributed by atoms with Crippen LogP contribution in [0.5, 0.6) is 0 Å². The highest BCUT2D eigenvalue weighted by atomic mass is 32.2. The number of rotatable bonds is 5. The van der Waals surface area contributed by atoms with Crippen LogP contribution in [-0.2, 0) is 4.79 Å². The van der Waals surface area contributed by atoms with Crippen LogP contribution in [-0.4, -0.2) is 26.1 Å². The zero-order valence-corrected chi connectivity index (χ0v) is 15.8. The van der Waals surface area contributed by atoms with Crippen molar-refractivity contribution >= 4 is 46.0 Å². The topological polar surface area (TPSA) is 76.6 Å². The van der Waals surface area contributed by atoms with Crippen molar-refractivity contribution in [2.45, 2.75) is 26.3 Å². The molecule has 8 heteroatoms. The van der Waals surface area contributed by atoms with E-state index in [1.165, 1.54) is 17.8 Å². The summed E-state index contributed by atoms with van der Waals surface area (Å²) < 4.78 is 6.25. The van der Waals surface area contributed by atoms with E-state index < -0.39 is 4.92 Å². The van der Waals surface area contributed by atoms with E-state index in [0.717, 1.165) is 6.42 Å². The molecule has 1 saturated heterocycles. The molecule has 0 bridgehead atoms.